The fourth-order valence-corrected chi connectivity index (χ4v) is 1.11. The van der Waals surface area contributed by atoms with E-state index in [0.717, 1.165) is 5.39 Å². The Morgan fingerprint density at radius 1 is 1.58 bits per heavy atom. The first-order valence-electron chi connectivity index (χ1n) is 3.43. The maximum absolute atomic E-state index is 8.58. The van der Waals surface area contributed by atoms with Gasteiger partial charge in [0.05, 0.1) is 5.56 Å². The van der Waals surface area contributed by atoms with Gasteiger partial charge in [0, 0.05) is 17.8 Å². The molecule has 0 unspecified atom stereocenters. The highest BCUT2D eigenvalue weighted by molar-refractivity contribution is 5.77. The monoisotopic (exact) mass is 158 g/mol. The van der Waals surface area contributed by atoms with E-state index >= 15 is 0 Å². The molecule has 2 heterocycles. The van der Waals surface area contributed by atoms with Crippen LogP contribution < -0.4 is 5.84 Å². The smallest absolute Gasteiger partial charge is 0.158 e. The van der Waals surface area contributed by atoms with Crippen molar-refractivity contribution in [2.24, 2.45) is 0 Å². The van der Waals surface area contributed by atoms with Crippen molar-refractivity contribution in [1.82, 2.24) is 9.66 Å². The molecule has 4 heteroatoms. The Hall–Kier alpha value is -2.02. The first-order valence-corrected chi connectivity index (χ1v) is 3.43. The topological polar surface area (TPSA) is 67.6 Å². The van der Waals surface area contributed by atoms with Gasteiger partial charge in [-0.1, -0.05) is 0 Å². The van der Waals surface area contributed by atoms with Gasteiger partial charge in [-0.15, -0.1) is 0 Å². The normalized spacial score (nSPS) is 9.92. The van der Waals surface area contributed by atoms with Crippen LogP contribution in [0.4, 0.5) is 0 Å². The van der Waals surface area contributed by atoms with Gasteiger partial charge in [0.25, 0.3) is 0 Å². The van der Waals surface area contributed by atoms with Crippen molar-refractivity contribution >= 4 is 11.0 Å². The summed E-state index contributed by atoms with van der Waals surface area (Å²) in [5, 5.41) is 9.46. The number of hydrogen-bond acceptors (Lipinski definition) is 3. The summed E-state index contributed by atoms with van der Waals surface area (Å²) in [5.41, 5.74) is 1.24. The van der Waals surface area contributed by atoms with Crippen LogP contribution in [0.15, 0.2) is 24.5 Å². The average Bonchev–Trinajstić information content (AvgIpc) is 2.47. The molecule has 2 aromatic rings. The third-order valence-electron chi connectivity index (χ3n) is 1.68. The highest BCUT2D eigenvalue weighted by Crippen LogP contribution is 2.11. The number of nitrogen functional groups attached to an aromatic ring is 1. The SMILES string of the molecule is N#Cc1cnc2c(ccn2N)c1. The standard InChI is InChI=1S/C8H6N4/c9-4-6-3-7-1-2-12(10)8(7)11-5-6/h1-3,5H,10H2. The summed E-state index contributed by atoms with van der Waals surface area (Å²) in [6.45, 7) is 0. The van der Waals surface area contributed by atoms with E-state index in [2.05, 4.69) is 4.98 Å². The van der Waals surface area contributed by atoms with Crippen LogP contribution in [-0.2, 0) is 0 Å². The third kappa shape index (κ3) is 0.805. The molecule has 2 N–H and O–H groups in total. The van der Waals surface area contributed by atoms with Gasteiger partial charge >= 0.3 is 0 Å². The number of hydrogen-bond donors (Lipinski definition) is 1. The first-order chi connectivity index (χ1) is 5.81. The summed E-state index contributed by atoms with van der Waals surface area (Å²) < 4.78 is 1.43. The molecule has 0 fully saturated rings. The summed E-state index contributed by atoms with van der Waals surface area (Å²) in [6, 6.07) is 5.59. The molecule has 0 aromatic carbocycles. The molecule has 0 spiro atoms. The van der Waals surface area contributed by atoms with Crippen LogP contribution in [0.25, 0.3) is 11.0 Å². The van der Waals surface area contributed by atoms with Crippen LogP contribution in [0.2, 0.25) is 0 Å². The number of rotatable bonds is 0. The summed E-state index contributed by atoms with van der Waals surface area (Å²) in [5.74, 6) is 5.54. The lowest BCUT2D eigenvalue weighted by Gasteiger charge is -1.93. The van der Waals surface area contributed by atoms with Gasteiger partial charge in [-0.05, 0) is 12.1 Å². The summed E-state index contributed by atoms with van der Waals surface area (Å²) in [4.78, 5) is 4.03. The van der Waals surface area contributed by atoms with Crippen LogP contribution in [-0.4, -0.2) is 9.66 Å². The summed E-state index contributed by atoms with van der Waals surface area (Å²) in [7, 11) is 0. The molecule has 0 aliphatic rings. The average molecular weight is 158 g/mol. The van der Waals surface area contributed by atoms with Crippen molar-refractivity contribution in [2.45, 2.75) is 0 Å². The van der Waals surface area contributed by atoms with E-state index in [1.165, 1.54) is 10.9 Å². The molecule has 12 heavy (non-hydrogen) atoms. The van der Waals surface area contributed by atoms with Crippen LogP contribution in [0.5, 0.6) is 0 Å². The maximum atomic E-state index is 8.58. The summed E-state index contributed by atoms with van der Waals surface area (Å²) in [6.07, 6.45) is 3.21. The van der Waals surface area contributed by atoms with Crippen molar-refractivity contribution in [1.29, 1.82) is 5.26 Å². The van der Waals surface area contributed by atoms with Crippen LogP contribution >= 0.6 is 0 Å². The molecular formula is C8H6N4. The van der Waals surface area contributed by atoms with Gasteiger partial charge in [-0.2, -0.15) is 5.26 Å². The fraction of sp³-hybridized carbons (Fsp3) is 0. The van der Waals surface area contributed by atoms with E-state index in [9.17, 15) is 0 Å². The molecule has 0 amide bonds. The molecule has 4 nitrogen and oxygen atoms in total. The van der Waals surface area contributed by atoms with Crippen molar-refractivity contribution in [2.75, 3.05) is 5.84 Å². The van der Waals surface area contributed by atoms with Gasteiger partial charge in [-0.3, -0.25) is 4.68 Å². The van der Waals surface area contributed by atoms with Crippen LogP contribution in [0, 0.1) is 11.3 Å². The molecule has 0 aliphatic heterocycles. The molecule has 58 valence electrons. The molecule has 2 rings (SSSR count). The molecule has 0 aliphatic carbocycles. The van der Waals surface area contributed by atoms with Crippen LogP contribution in [0.1, 0.15) is 5.56 Å². The quantitative estimate of drug-likeness (QED) is 0.571. The van der Waals surface area contributed by atoms with E-state index in [0.29, 0.717) is 11.2 Å². The van der Waals surface area contributed by atoms with Crippen molar-refractivity contribution in [3.8, 4) is 6.07 Å². The molecule has 2 aromatic heterocycles. The molecule has 0 saturated heterocycles. The Morgan fingerprint density at radius 3 is 3.17 bits per heavy atom. The Kier molecular flexibility index (Phi) is 1.25. The van der Waals surface area contributed by atoms with E-state index in [1.807, 2.05) is 12.1 Å². The molecule has 0 bridgehead atoms. The van der Waals surface area contributed by atoms with E-state index in [-0.39, 0.29) is 0 Å². The predicted molar refractivity (Wildman–Crippen MR) is 44.6 cm³/mol. The second kappa shape index (κ2) is 2.24. The highest BCUT2D eigenvalue weighted by atomic mass is 15.3. The fourth-order valence-electron chi connectivity index (χ4n) is 1.11. The molecular weight excluding hydrogens is 152 g/mol. The Morgan fingerprint density at radius 2 is 2.42 bits per heavy atom. The van der Waals surface area contributed by atoms with Crippen molar-refractivity contribution in [3.63, 3.8) is 0 Å². The number of nitrogens with two attached hydrogens (primary N) is 1. The number of fused-ring (bicyclic) bond motifs is 1. The highest BCUT2D eigenvalue weighted by Gasteiger charge is 1.99. The number of pyridine rings is 1. The Bertz CT molecular complexity index is 463. The zero-order chi connectivity index (χ0) is 8.55. The number of aromatic nitrogens is 2. The predicted octanol–water partition coefficient (Wildman–Crippen LogP) is 0.622. The minimum absolute atomic E-state index is 0.550. The third-order valence-corrected chi connectivity index (χ3v) is 1.68. The Balaban J connectivity index is 2.80. The van der Waals surface area contributed by atoms with Gasteiger partial charge < -0.3 is 5.84 Å². The first kappa shape index (κ1) is 6.68. The molecule has 0 radical (unpaired) electrons. The zero-order valence-corrected chi connectivity index (χ0v) is 6.23. The van der Waals surface area contributed by atoms with E-state index in [1.54, 1.807) is 12.3 Å². The second-order valence-electron chi connectivity index (χ2n) is 2.47. The second-order valence-corrected chi connectivity index (χ2v) is 2.47. The van der Waals surface area contributed by atoms with Gasteiger partial charge in [-0.25, -0.2) is 4.98 Å². The lowest BCUT2D eigenvalue weighted by atomic mass is 10.2. The zero-order valence-electron chi connectivity index (χ0n) is 6.23. The lowest BCUT2D eigenvalue weighted by molar-refractivity contribution is 1.04. The molecule has 0 atom stereocenters. The summed E-state index contributed by atoms with van der Waals surface area (Å²) >= 11 is 0. The largest absolute Gasteiger partial charge is 0.338 e. The molecule has 0 saturated carbocycles. The minimum Gasteiger partial charge on any atom is -0.338 e. The maximum Gasteiger partial charge on any atom is 0.158 e. The lowest BCUT2D eigenvalue weighted by Crippen LogP contribution is -2.06. The van der Waals surface area contributed by atoms with Crippen molar-refractivity contribution < 1.29 is 0 Å². The van der Waals surface area contributed by atoms with Crippen LogP contribution in [0.3, 0.4) is 0 Å². The van der Waals surface area contributed by atoms with E-state index in [4.69, 9.17) is 11.1 Å². The van der Waals surface area contributed by atoms with Crippen molar-refractivity contribution in [3.05, 3.63) is 30.1 Å². The van der Waals surface area contributed by atoms with Gasteiger partial charge in [0.15, 0.2) is 5.65 Å². The van der Waals surface area contributed by atoms with Gasteiger partial charge in [0.2, 0.25) is 0 Å². The Labute approximate surface area is 68.8 Å². The minimum atomic E-state index is 0.550. The van der Waals surface area contributed by atoms with E-state index < -0.39 is 0 Å². The number of nitriles is 1. The number of nitrogens with zero attached hydrogens (tertiary/aromatic N) is 3. The van der Waals surface area contributed by atoms with Gasteiger partial charge in [0.1, 0.15) is 6.07 Å².